The quantitative estimate of drug-likeness (QED) is 0.736. The zero-order valence-corrected chi connectivity index (χ0v) is 16.8. The number of hydrogen-bond donors (Lipinski definition) is 1. The monoisotopic (exact) mass is 416 g/mol. The SMILES string of the molecule is CCOC(=O)C1=C(C)NC(SCC(=O)OC)=N[C@@H]1c1cccc(Cl)c1Cl. The van der Waals surface area contributed by atoms with Gasteiger partial charge in [0.1, 0.15) is 6.04 Å². The second-order valence-electron chi connectivity index (χ2n) is 5.23. The Balaban J connectivity index is 2.44. The van der Waals surface area contributed by atoms with E-state index in [9.17, 15) is 9.59 Å². The molecule has 0 saturated carbocycles. The van der Waals surface area contributed by atoms with Crippen molar-refractivity contribution in [1.29, 1.82) is 0 Å². The lowest BCUT2D eigenvalue weighted by molar-refractivity contribution is -0.139. The minimum absolute atomic E-state index is 0.0837. The molecule has 0 amide bonds. The van der Waals surface area contributed by atoms with Gasteiger partial charge in [0.15, 0.2) is 5.17 Å². The molecule has 0 bridgehead atoms. The van der Waals surface area contributed by atoms with Gasteiger partial charge in [-0.1, -0.05) is 47.1 Å². The van der Waals surface area contributed by atoms with Crippen LogP contribution in [0.1, 0.15) is 25.5 Å². The first kappa shape index (κ1) is 20.6. The lowest BCUT2D eigenvalue weighted by atomic mass is 9.96. The number of carbonyl (C=O) groups excluding carboxylic acids is 2. The van der Waals surface area contributed by atoms with E-state index < -0.39 is 12.0 Å². The van der Waals surface area contributed by atoms with Crippen LogP contribution in [0.2, 0.25) is 10.0 Å². The molecule has 1 N–H and O–H groups in total. The van der Waals surface area contributed by atoms with Crippen LogP contribution in [0.4, 0.5) is 0 Å². The van der Waals surface area contributed by atoms with Crippen molar-refractivity contribution in [3.8, 4) is 0 Å². The highest BCUT2D eigenvalue weighted by molar-refractivity contribution is 8.14. The summed E-state index contributed by atoms with van der Waals surface area (Å²) in [6, 6.07) is 4.45. The molecule has 6 nitrogen and oxygen atoms in total. The Hall–Kier alpha value is -1.70. The highest BCUT2D eigenvalue weighted by Gasteiger charge is 2.32. The minimum atomic E-state index is -0.693. The van der Waals surface area contributed by atoms with Crippen molar-refractivity contribution in [2.75, 3.05) is 19.5 Å². The van der Waals surface area contributed by atoms with Crippen molar-refractivity contribution in [3.63, 3.8) is 0 Å². The molecule has 26 heavy (non-hydrogen) atoms. The lowest BCUT2D eigenvalue weighted by Crippen LogP contribution is -2.31. The Morgan fingerprint density at radius 1 is 1.35 bits per heavy atom. The van der Waals surface area contributed by atoms with Crippen LogP contribution in [0.3, 0.4) is 0 Å². The molecule has 1 aromatic rings. The summed E-state index contributed by atoms with van der Waals surface area (Å²) in [5.74, 6) is -0.783. The summed E-state index contributed by atoms with van der Waals surface area (Å²) in [5.41, 5.74) is 1.50. The number of nitrogens with zero attached hydrogens (tertiary/aromatic N) is 1. The van der Waals surface area contributed by atoms with Crippen LogP contribution >= 0.6 is 35.0 Å². The van der Waals surface area contributed by atoms with Crippen molar-refractivity contribution in [2.24, 2.45) is 4.99 Å². The second-order valence-corrected chi connectivity index (χ2v) is 6.98. The summed E-state index contributed by atoms with van der Waals surface area (Å²) in [6.45, 7) is 3.71. The molecule has 0 radical (unpaired) electrons. The van der Waals surface area contributed by atoms with Gasteiger partial charge in [0.2, 0.25) is 0 Å². The van der Waals surface area contributed by atoms with Gasteiger partial charge in [0.05, 0.1) is 35.1 Å². The molecule has 0 fully saturated rings. The zero-order valence-electron chi connectivity index (χ0n) is 14.5. The first-order chi connectivity index (χ1) is 12.4. The van der Waals surface area contributed by atoms with Crippen molar-refractivity contribution < 1.29 is 19.1 Å². The van der Waals surface area contributed by atoms with Crippen LogP contribution in [-0.2, 0) is 19.1 Å². The predicted octanol–water partition coefficient (Wildman–Crippen LogP) is 3.74. The van der Waals surface area contributed by atoms with Crippen LogP contribution < -0.4 is 5.32 Å². The average Bonchev–Trinajstić information content (AvgIpc) is 2.61. The molecule has 0 aliphatic carbocycles. The number of carbonyl (C=O) groups is 2. The summed E-state index contributed by atoms with van der Waals surface area (Å²) >= 11 is 13.6. The fourth-order valence-corrected chi connectivity index (χ4v) is 3.53. The van der Waals surface area contributed by atoms with Gasteiger partial charge in [-0.3, -0.25) is 4.79 Å². The molecule has 0 spiro atoms. The fourth-order valence-electron chi connectivity index (χ4n) is 2.34. The van der Waals surface area contributed by atoms with E-state index >= 15 is 0 Å². The number of nitrogens with one attached hydrogen (secondary N) is 1. The number of esters is 2. The van der Waals surface area contributed by atoms with E-state index in [0.29, 0.717) is 32.0 Å². The summed E-state index contributed by atoms with van der Waals surface area (Å²) in [6.07, 6.45) is 0. The van der Waals surface area contributed by atoms with E-state index in [0.717, 1.165) is 0 Å². The lowest BCUT2D eigenvalue weighted by Gasteiger charge is -2.26. The highest BCUT2D eigenvalue weighted by atomic mass is 35.5. The van der Waals surface area contributed by atoms with E-state index in [4.69, 9.17) is 27.9 Å². The molecular weight excluding hydrogens is 399 g/mol. The van der Waals surface area contributed by atoms with Crippen molar-refractivity contribution in [3.05, 3.63) is 45.1 Å². The Bertz CT molecular complexity index is 780. The number of benzene rings is 1. The Kier molecular flexibility index (Phi) is 7.37. The maximum atomic E-state index is 12.5. The van der Waals surface area contributed by atoms with Crippen LogP contribution in [0.15, 0.2) is 34.5 Å². The number of rotatable bonds is 5. The minimum Gasteiger partial charge on any atom is -0.468 e. The van der Waals surface area contributed by atoms with Crippen molar-refractivity contribution in [1.82, 2.24) is 5.32 Å². The maximum absolute atomic E-state index is 12.5. The Morgan fingerprint density at radius 2 is 2.08 bits per heavy atom. The molecule has 0 unspecified atom stereocenters. The first-order valence-corrected chi connectivity index (χ1v) is 9.49. The highest BCUT2D eigenvalue weighted by Crippen LogP contribution is 2.38. The predicted molar refractivity (Wildman–Crippen MR) is 104 cm³/mol. The number of ether oxygens (including phenoxy) is 2. The fraction of sp³-hybridized carbons (Fsp3) is 0.353. The molecular formula is C17H18Cl2N2O4S. The summed E-state index contributed by atoms with van der Waals surface area (Å²) < 4.78 is 9.80. The van der Waals surface area contributed by atoms with Crippen LogP contribution in [-0.4, -0.2) is 36.6 Å². The normalized spacial score (nSPS) is 16.7. The van der Waals surface area contributed by atoms with Crippen LogP contribution in [0.25, 0.3) is 0 Å². The molecule has 0 saturated heterocycles. The van der Waals surface area contributed by atoms with Crippen LogP contribution in [0, 0.1) is 0 Å². The average molecular weight is 417 g/mol. The number of halogens is 2. The first-order valence-electron chi connectivity index (χ1n) is 7.75. The molecule has 0 aromatic heterocycles. The van der Waals surface area contributed by atoms with Gasteiger partial charge >= 0.3 is 11.9 Å². The maximum Gasteiger partial charge on any atom is 0.338 e. The third kappa shape index (κ3) is 4.72. The third-order valence-electron chi connectivity index (χ3n) is 3.54. The zero-order chi connectivity index (χ0) is 19.3. The van der Waals surface area contributed by atoms with Gasteiger partial charge in [-0.2, -0.15) is 0 Å². The van der Waals surface area contributed by atoms with E-state index in [2.05, 4.69) is 15.0 Å². The van der Waals surface area contributed by atoms with Crippen molar-refractivity contribution >= 4 is 52.1 Å². The molecule has 2 rings (SSSR count). The topological polar surface area (TPSA) is 77.0 Å². The van der Waals surface area contributed by atoms with Crippen molar-refractivity contribution in [2.45, 2.75) is 19.9 Å². The van der Waals surface area contributed by atoms with Crippen LogP contribution in [0.5, 0.6) is 0 Å². The molecule has 1 aliphatic heterocycles. The summed E-state index contributed by atoms with van der Waals surface area (Å²) in [5, 5.41) is 4.18. The van der Waals surface area contributed by atoms with Gasteiger partial charge in [-0.05, 0) is 19.9 Å². The van der Waals surface area contributed by atoms with Gasteiger partial charge < -0.3 is 14.8 Å². The number of thioether (sulfide) groups is 1. The van der Waals surface area contributed by atoms with Gasteiger partial charge in [0, 0.05) is 11.3 Å². The largest absolute Gasteiger partial charge is 0.468 e. The smallest absolute Gasteiger partial charge is 0.338 e. The number of aliphatic imine (C=N–C) groups is 1. The molecule has 140 valence electrons. The standard InChI is InChI=1S/C17H18Cl2N2O4S/c1-4-25-16(23)13-9(2)20-17(26-8-12(22)24-3)21-15(13)10-6-5-7-11(18)14(10)19/h5-7,15H,4,8H2,1-3H3,(H,20,21)/t15-/m1/s1. The van der Waals surface area contributed by atoms with Gasteiger partial charge in [0.25, 0.3) is 0 Å². The molecule has 9 heteroatoms. The number of methoxy groups -OCH3 is 1. The molecule has 1 aliphatic rings. The second kappa shape index (κ2) is 9.30. The molecule has 1 aromatic carbocycles. The Morgan fingerprint density at radius 3 is 2.73 bits per heavy atom. The summed E-state index contributed by atoms with van der Waals surface area (Å²) in [7, 11) is 1.32. The van der Waals surface area contributed by atoms with Gasteiger partial charge in [-0.25, -0.2) is 9.79 Å². The number of hydrogen-bond acceptors (Lipinski definition) is 7. The van der Waals surface area contributed by atoms with E-state index in [1.165, 1.54) is 18.9 Å². The third-order valence-corrected chi connectivity index (χ3v) is 5.24. The number of allylic oxidation sites excluding steroid dienone is 1. The molecule has 1 atom stereocenters. The van der Waals surface area contributed by atoms with E-state index in [1.807, 2.05) is 0 Å². The number of amidine groups is 1. The van der Waals surface area contributed by atoms with E-state index in [-0.39, 0.29) is 18.3 Å². The molecule has 1 heterocycles. The Labute approximate surface area is 165 Å². The van der Waals surface area contributed by atoms with Gasteiger partial charge in [-0.15, -0.1) is 0 Å². The van der Waals surface area contributed by atoms with E-state index in [1.54, 1.807) is 32.0 Å². The summed E-state index contributed by atoms with van der Waals surface area (Å²) in [4.78, 5) is 28.4.